The van der Waals surface area contributed by atoms with Gasteiger partial charge in [-0.25, -0.2) is 9.97 Å². The van der Waals surface area contributed by atoms with Gasteiger partial charge in [-0.2, -0.15) is 0 Å². The first kappa shape index (κ1) is 20.6. The number of hydrogen-bond donors (Lipinski definition) is 1. The van der Waals surface area contributed by atoms with Crippen molar-refractivity contribution in [3.8, 4) is 11.4 Å². The molecule has 166 valence electrons. The molecule has 0 atom stereocenters. The van der Waals surface area contributed by atoms with Crippen LogP contribution >= 0.6 is 0 Å². The fraction of sp³-hybridized carbons (Fsp3) is 0.417. The molecule has 1 aliphatic carbocycles. The van der Waals surface area contributed by atoms with Gasteiger partial charge in [0.1, 0.15) is 11.2 Å². The quantitative estimate of drug-likeness (QED) is 0.680. The van der Waals surface area contributed by atoms with Gasteiger partial charge >= 0.3 is 0 Å². The van der Waals surface area contributed by atoms with Crippen molar-refractivity contribution in [2.75, 3.05) is 38.1 Å². The van der Waals surface area contributed by atoms with Crippen LogP contribution < -0.4 is 16.1 Å². The Balaban J connectivity index is 1.54. The predicted octanol–water partition coefficient (Wildman–Crippen LogP) is 2.42. The van der Waals surface area contributed by atoms with Crippen LogP contribution in [0.25, 0.3) is 22.4 Å². The average molecular weight is 433 g/mol. The zero-order valence-corrected chi connectivity index (χ0v) is 18.3. The predicted molar refractivity (Wildman–Crippen MR) is 125 cm³/mol. The Morgan fingerprint density at radius 1 is 1.06 bits per heavy atom. The number of carbonyl (C=O) groups is 1. The van der Waals surface area contributed by atoms with Crippen LogP contribution in [-0.4, -0.2) is 58.6 Å². The third kappa shape index (κ3) is 3.75. The molecule has 0 spiro atoms. The molecule has 8 nitrogen and oxygen atoms in total. The molecule has 1 saturated carbocycles. The van der Waals surface area contributed by atoms with Gasteiger partial charge < -0.3 is 20.1 Å². The van der Waals surface area contributed by atoms with E-state index in [4.69, 9.17) is 10.7 Å². The number of likely N-dealkylation sites (N-methyl/N-ethyl adjacent to an activating group) is 1. The summed E-state index contributed by atoms with van der Waals surface area (Å²) >= 11 is 0. The molecule has 2 fully saturated rings. The minimum absolute atomic E-state index is 0.00252. The number of rotatable bonds is 4. The Bertz CT molecular complexity index is 1210. The summed E-state index contributed by atoms with van der Waals surface area (Å²) in [6, 6.07) is 8.48. The van der Waals surface area contributed by atoms with Gasteiger partial charge in [0.2, 0.25) is 5.43 Å². The number of hydrogen-bond acceptors (Lipinski definition) is 6. The van der Waals surface area contributed by atoms with E-state index in [1.165, 1.54) is 11.9 Å². The third-order valence-electron chi connectivity index (χ3n) is 6.75. The van der Waals surface area contributed by atoms with Gasteiger partial charge in [0.25, 0.3) is 5.91 Å². The molecule has 0 unspecified atom stereocenters. The minimum atomic E-state index is -0.716. The lowest BCUT2D eigenvalue weighted by atomic mass is 10.1. The van der Waals surface area contributed by atoms with Crippen LogP contribution in [-0.2, 0) is 0 Å². The summed E-state index contributed by atoms with van der Waals surface area (Å²) in [6.45, 7) is 4.14. The molecule has 32 heavy (non-hydrogen) atoms. The molecule has 1 amide bonds. The van der Waals surface area contributed by atoms with Crippen LogP contribution in [0.2, 0.25) is 0 Å². The Morgan fingerprint density at radius 2 is 1.75 bits per heavy atom. The highest BCUT2D eigenvalue weighted by molar-refractivity contribution is 5.95. The molecule has 2 N–H and O–H groups in total. The lowest BCUT2D eigenvalue weighted by Gasteiger charge is -2.34. The lowest BCUT2D eigenvalue weighted by Crippen LogP contribution is -2.44. The average Bonchev–Trinajstić information content (AvgIpc) is 3.34. The maximum absolute atomic E-state index is 12.8. The number of aromatic nitrogens is 3. The van der Waals surface area contributed by atoms with E-state index >= 15 is 0 Å². The number of fused-ring (bicyclic) bond motifs is 1. The number of pyridine rings is 1. The number of nitrogens with two attached hydrogens (primary N) is 1. The van der Waals surface area contributed by atoms with E-state index in [1.54, 1.807) is 6.20 Å². The number of amides is 1. The molecule has 1 aliphatic heterocycles. The van der Waals surface area contributed by atoms with Gasteiger partial charge in [-0.3, -0.25) is 9.59 Å². The van der Waals surface area contributed by atoms with E-state index < -0.39 is 11.3 Å². The monoisotopic (exact) mass is 432 g/mol. The van der Waals surface area contributed by atoms with E-state index in [9.17, 15) is 9.59 Å². The van der Waals surface area contributed by atoms with Crippen LogP contribution in [0.5, 0.6) is 0 Å². The van der Waals surface area contributed by atoms with Crippen molar-refractivity contribution in [1.29, 1.82) is 0 Å². The second kappa shape index (κ2) is 8.35. The molecule has 0 radical (unpaired) electrons. The van der Waals surface area contributed by atoms with Crippen molar-refractivity contribution in [3.05, 3.63) is 52.4 Å². The van der Waals surface area contributed by atoms with Gasteiger partial charge in [-0.1, -0.05) is 12.8 Å². The van der Waals surface area contributed by atoms with Gasteiger partial charge in [0.05, 0.1) is 5.39 Å². The van der Waals surface area contributed by atoms with E-state index in [-0.39, 0.29) is 11.6 Å². The van der Waals surface area contributed by atoms with Crippen molar-refractivity contribution in [1.82, 2.24) is 19.4 Å². The highest BCUT2D eigenvalue weighted by Crippen LogP contribution is 2.32. The van der Waals surface area contributed by atoms with Crippen LogP contribution in [0.4, 0.5) is 5.69 Å². The van der Waals surface area contributed by atoms with Crippen molar-refractivity contribution in [3.63, 3.8) is 0 Å². The maximum atomic E-state index is 12.8. The van der Waals surface area contributed by atoms with Crippen LogP contribution in [0.3, 0.4) is 0 Å². The highest BCUT2D eigenvalue weighted by Gasteiger charge is 2.23. The van der Waals surface area contributed by atoms with Crippen molar-refractivity contribution < 1.29 is 4.79 Å². The summed E-state index contributed by atoms with van der Waals surface area (Å²) in [4.78, 5) is 38.6. The summed E-state index contributed by atoms with van der Waals surface area (Å²) in [5.74, 6) is -0.146. The smallest absolute Gasteiger partial charge is 0.254 e. The first-order valence-corrected chi connectivity index (χ1v) is 11.3. The van der Waals surface area contributed by atoms with E-state index in [2.05, 4.69) is 34.0 Å². The number of piperazine rings is 1. The summed E-state index contributed by atoms with van der Waals surface area (Å²) in [6.07, 6.45) is 7.36. The Hall–Kier alpha value is -3.26. The molecule has 2 aliphatic rings. The number of nitrogens with zero attached hydrogens (tertiary/aromatic N) is 5. The fourth-order valence-corrected chi connectivity index (χ4v) is 4.80. The third-order valence-corrected chi connectivity index (χ3v) is 6.75. The first-order valence-electron chi connectivity index (χ1n) is 11.3. The van der Waals surface area contributed by atoms with Crippen molar-refractivity contribution >= 4 is 22.6 Å². The van der Waals surface area contributed by atoms with Crippen LogP contribution in [0.15, 0.2) is 41.5 Å². The molecule has 8 heteroatoms. The molecule has 1 aromatic carbocycles. The van der Waals surface area contributed by atoms with Crippen LogP contribution in [0.1, 0.15) is 42.1 Å². The Kier molecular flexibility index (Phi) is 5.38. The summed E-state index contributed by atoms with van der Waals surface area (Å²) in [5, 5.41) is 0.339. The summed E-state index contributed by atoms with van der Waals surface area (Å²) < 4.78 is 1.97. The zero-order chi connectivity index (χ0) is 22.2. The summed E-state index contributed by atoms with van der Waals surface area (Å²) in [7, 11) is 2.15. The van der Waals surface area contributed by atoms with Gasteiger partial charge in [0, 0.05) is 55.9 Å². The molecular weight excluding hydrogens is 404 g/mol. The number of primary amides is 1. The molecule has 2 aromatic heterocycles. The number of carbonyl (C=O) groups excluding carboxylic acids is 1. The van der Waals surface area contributed by atoms with E-state index in [1.807, 2.05) is 16.7 Å². The van der Waals surface area contributed by atoms with Crippen molar-refractivity contribution in [2.24, 2.45) is 5.73 Å². The number of benzene rings is 1. The van der Waals surface area contributed by atoms with Crippen LogP contribution in [0, 0.1) is 0 Å². The lowest BCUT2D eigenvalue weighted by molar-refractivity contribution is 0.0998. The van der Waals surface area contributed by atoms with Gasteiger partial charge in [-0.05, 0) is 44.2 Å². The van der Waals surface area contributed by atoms with E-state index in [0.717, 1.165) is 57.4 Å². The topological polar surface area (TPSA) is 97.4 Å². The minimum Gasteiger partial charge on any atom is -0.369 e. The molecule has 0 bridgehead atoms. The second-order valence-corrected chi connectivity index (χ2v) is 8.85. The van der Waals surface area contributed by atoms with Crippen molar-refractivity contribution in [2.45, 2.75) is 31.7 Å². The Morgan fingerprint density at radius 3 is 2.41 bits per heavy atom. The Labute approximate surface area is 186 Å². The SMILES string of the molecule is CN1CCN(c2ccc(-c3ncc4c(=O)c(C(N)=O)cn(C5CCCC5)c4n3)cc2)CC1. The second-order valence-electron chi connectivity index (χ2n) is 8.85. The number of anilines is 1. The largest absolute Gasteiger partial charge is 0.369 e. The highest BCUT2D eigenvalue weighted by atomic mass is 16.2. The zero-order valence-electron chi connectivity index (χ0n) is 18.3. The molecule has 3 heterocycles. The summed E-state index contributed by atoms with van der Waals surface area (Å²) in [5.41, 5.74) is 7.73. The first-order chi connectivity index (χ1) is 15.5. The molecule has 5 rings (SSSR count). The van der Waals surface area contributed by atoms with Gasteiger partial charge in [0.15, 0.2) is 5.82 Å². The fourth-order valence-electron chi connectivity index (χ4n) is 4.80. The molecule has 1 saturated heterocycles. The molecule has 3 aromatic rings. The normalized spacial score (nSPS) is 17.8. The standard InChI is InChI=1S/C24H28N6O2/c1-28-10-12-29(13-11-28)17-8-6-16(7-9-17)23-26-14-19-21(31)20(22(25)32)15-30(24(19)27-23)18-4-2-3-5-18/h6-9,14-15,18H,2-5,10-13H2,1H3,(H2,25,32). The maximum Gasteiger partial charge on any atom is 0.254 e. The van der Waals surface area contributed by atoms with E-state index in [0.29, 0.717) is 16.9 Å². The molecular formula is C24H28N6O2. The van der Waals surface area contributed by atoms with Gasteiger partial charge in [-0.15, -0.1) is 0 Å².